The molecule has 0 bridgehead atoms. The summed E-state index contributed by atoms with van der Waals surface area (Å²) in [5.74, 6) is 0.548. The van der Waals surface area contributed by atoms with E-state index < -0.39 is 15.8 Å². The average molecular weight is 464 g/mol. The third-order valence-electron chi connectivity index (χ3n) is 7.02. The predicted molar refractivity (Wildman–Crippen MR) is 122 cm³/mol. The van der Waals surface area contributed by atoms with Gasteiger partial charge in [-0.3, -0.25) is 9.36 Å². The number of carbonyl (C=O) groups is 1. The highest BCUT2D eigenvalue weighted by Crippen LogP contribution is 2.28. The minimum Gasteiger partial charge on any atom is -0.408 e. The lowest BCUT2D eigenvalue weighted by Crippen LogP contribution is -2.41. The predicted octanol–water partition coefficient (Wildman–Crippen LogP) is 3.10. The number of fused-ring (bicyclic) bond motifs is 1. The van der Waals surface area contributed by atoms with Gasteiger partial charge < -0.3 is 9.73 Å². The third-order valence-corrected chi connectivity index (χ3v) is 8.92. The second-order valence-electron chi connectivity index (χ2n) is 9.32. The Hall–Kier alpha value is -2.13. The maximum Gasteiger partial charge on any atom is 0.419 e. The van der Waals surface area contributed by atoms with E-state index >= 15 is 0 Å². The number of hydrogen-bond acceptors (Lipinski definition) is 5. The Morgan fingerprint density at radius 1 is 1.12 bits per heavy atom. The van der Waals surface area contributed by atoms with Crippen molar-refractivity contribution in [2.24, 2.45) is 11.8 Å². The van der Waals surface area contributed by atoms with Crippen molar-refractivity contribution in [1.29, 1.82) is 0 Å². The molecule has 2 fully saturated rings. The number of hydrogen-bond donors (Lipinski definition) is 1. The van der Waals surface area contributed by atoms with Crippen molar-refractivity contribution in [2.45, 2.75) is 76.3 Å². The fourth-order valence-corrected chi connectivity index (χ4v) is 6.45. The number of aromatic nitrogens is 1. The van der Waals surface area contributed by atoms with Gasteiger partial charge in [0.25, 0.3) is 0 Å². The molecule has 1 aliphatic heterocycles. The lowest BCUT2D eigenvalue weighted by Gasteiger charge is -2.32. The zero-order valence-corrected chi connectivity index (χ0v) is 19.7. The molecule has 0 unspecified atom stereocenters. The normalized spacial score (nSPS) is 23.4. The molecule has 1 aliphatic carbocycles. The van der Waals surface area contributed by atoms with E-state index in [1.807, 2.05) is 6.92 Å². The molecular formula is C23H33N3O5S. The molecule has 1 aromatic carbocycles. The first-order chi connectivity index (χ1) is 15.3. The van der Waals surface area contributed by atoms with Gasteiger partial charge in [-0.2, -0.15) is 4.31 Å². The molecule has 0 radical (unpaired) electrons. The van der Waals surface area contributed by atoms with Gasteiger partial charge in [0.15, 0.2) is 5.58 Å². The topological polar surface area (TPSA) is 102 Å². The fourth-order valence-electron chi connectivity index (χ4n) is 4.96. The Morgan fingerprint density at radius 2 is 1.81 bits per heavy atom. The number of benzene rings is 1. The number of amides is 1. The molecule has 9 heteroatoms. The molecule has 1 N–H and O–H groups in total. The summed E-state index contributed by atoms with van der Waals surface area (Å²) < 4.78 is 34.4. The van der Waals surface area contributed by atoms with Crippen LogP contribution in [0.5, 0.6) is 0 Å². The third kappa shape index (κ3) is 4.78. The van der Waals surface area contributed by atoms with Gasteiger partial charge in [0.1, 0.15) is 0 Å². The van der Waals surface area contributed by atoms with Crippen molar-refractivity contribution in [3.8, 4) is 0 Å². The first-order valence-corrected chi connectivity index (χ1v) is 13.1. The summed E-state index contributed by atoms with van der Waals surface area (Å²) in [7, 11) is -3.68. The monoisotopic (exact) mass is 463 g/mol. The fraction of sp³-hybridized carbons (Fsp3) is 0.652. The molecule has 1 amide bonds. The molecule has 176 valence electrons. The van der Waals surface area contributed by atoms with Crippen molar-refractivity contribution in [1.82, 2.24) is 14.2 Å². The minimum atomic E-state index is -3.68. The van der Waals surface area contributed by atoms with Crippen LogP contribution in [0.1, 0.15) is 58.8 Å². The SMILES string of the molecule is CCn1c(=O)oc2cc(S(=O)(=O)N3CCC(CC(=O)NC4CCC(C)CC4)CC3)ccc21. The highest BCUT2D eigenvalue weighted by atomic mass is 32.2. The summed E-state index contributed by atoms with van der Waals surface area (Å²) in [5, 5.41) is 3.17. The van der Waals surface area contributed by atoms with E-state index in [9.17, 15) is 18.0 Å². The van der Waals surface area contributed by atoms with Crippen LogP contribution in [0.3, 0.4) is 0 Å². The van der Waals surface area contributed by atoms with E-state index in [4.69, 9.17) is 4.42 Å². The summed E-state index contributed by atoms with van der Waals surface area (Å²) in [6, 6.07) is 4.88. The number of nitrogens with one attached hydrogen (secondary N) is 1. The Kier molecular flexibility index (Phi) is 6.76. The molecule has 0 atom stereocenters. The van der Waals surface area contributed by atoms with Crippen molar-refractivity contribution in [3.63, 3.8) is 0 Å². The van der Waals surface area contributed by atoms with Gasteiger partial charge in [-0.1, -0.05) is 6.92 Å². The molecule has 1 saturated carbocycles. The van der Waals surface area contributed by atoms with Crippen LogP contribution in [-0.2, 0) is 21.4 Å². The van der Waals surface area contributed by atoms with Crippen LogP contribution in [0.2, 0.25) is 0 Å². The van der Waals surface area contributed by atoms with Crippen molar-refractivity contribution >= 4 is 27.0 Å². The summed E-state index contributed by atoms with van der Waals surface area (Å²) >= 11 is 0. The van der Waals surface area contributed by atoms with E-state index in [1.165, 1.54) is 33.8 Å². The summed E-state index contributed by atoms with van der Waals surface area (Å²) in [4.78, 5) is 24.5. The largest absolute Gasteiger partial charge is 0.419 e. The molecule has 0 spiro atoms. The summed E-state index contributed by atoms with van der Waals surface area (Å²) in [6.45, 7) is 5.33. The number of piperidine rings is 1. The van der Waals surface area contributed by atoms with Gasteiger partial charge >= 0.3 is 5.76 Å². The van der Waals surface area contributed by atoms with Crippen LogP contribution in [0.4, 0.5) is 0 Å². The molecule has 4 rings (SSSR count). The van der Waals surface area contributed by atoms with Crippen molar-refractivity contribution in [3.05, 3.63) is 28.7 Å². The standard InChI is InChI=1S/C23H33N3O5S/c1-3-26-20-9-8-19(15-21(20)31-23(26)28)32(29,30)25-12-10-17(11-13-25)14-22(27)24-18-6-4-16(2)5-7-18/h8-9,15-18H,3-7,10-14H2,1-2H3,(H,24,27). The van der Waals surface area contributed by atoms with E-state index in [0.717, 1.165) is 18.8 Å². The van der Waals surface area contributed by atoms with Gasteiger partial charge in [0.05, 0.1) is 10.4 Å². The Labute approximate surface area is 189 Å². The maximum absolute atomic E-state index is 13.1. The van der Waals surface area contributed by atoms with Crippen LogP contribution < -0.4 is 11.1 Å². The summed E-state index contributed by atoms with van der Waals surface area (Å²) in [6.07, 6.45) is 6.22. The zero-order valence-electron chi connectivity index (χ0n) is 18.9. The molecule has 8 nitrogen and oxygen atoms in total. The van der Waals surface area contributed by atoms with Gasteiger partial charge in [0.2, 0.25) is 15.9 Å². The van der Waals surface area contributed by atoms with Gasteiger partial charge in [-0.25, -0.2) is 13.2 Å². The smallest absolute Gasteiger partial charge is 0.408 e. The van der Waals surface area contributed by atoms with Crippen LogP contribution in [0, 0.1) is 11.8 Å². The first kappa shape index (κ1) is 23.0. The highest BCUT2D eigenvalue weighted by molar-refractivity contribution is 7.89. The van der Waals surface area contributed by atoms with Crippen LogP contribution in [-0.4, -0.2) is 42.3 Å². The second-order valence-corrected chi connectivity index (χ2v) is 11.3. The molecule has 1 saturated heterocycles. The highest BCUT2D eigenvalue weighted by Gasteiger charge is 2.31. The minimum absolute atomic E-state index is 0.0896. The molecule has 2 aliphatic rings. The number of rotatable bonds is 6. The lowest BCUT2D eigenvalue weighted by molar-refractivity contribution is -0.123. The van der Waals surface area contributed by atoms with Crippen LogP contribution in [0.15, 0.2) is 32.3 Å². The van der Waals surface area contributed by atoms with E-state index in [-0.39, 0.29) is 28.3 Å². The number of oxazole rings is 1. The Morgan fingerprint density at radius 3 is 2.47 bits per heavy atom. The van der Waals surface area contributed by atoms with E-state index in [1.54, 1.807) is 6.07 Å². The zero-order chi connectivity index (χ0) is 22.9. The van der Waals surface area contributed by atoms with E-state index in [2.05, 4.69) is 12.2 Å². The van der Waals surface area contributed by atoms with Crippen LogP contribution in [0.25, 0.3) is 11.1 Å². The molecule has 1 aromatic heterocycles. The maximum atomic E-state index is 13.1. The average Bonchev–Trinajstić information content (AvgIpc) is 3.09. The quantitative estimate of drug-likeness (QED) is 0.709. The van der Waals surface area contributed by atoms with Gasteiger partial charge in [-0.05, 0) is 69.4 Å². The van der Waals surface area contributed by atoms with Crippen molar-refractivity contribution < 1.29 is 17.6 Å². The van der Waals surface area contributed by atoms with Gasteiger partial charge in [-0.15, -0.1) is 0 Å². The van der Waals surface area contributed by atoms with E-state index in [0.29, 0.717) is 44.4 Å². The van der Waals surface area contributed by atoms with Crippen LogP contribution >= 0.6 is 0 Å². The summed E-state index contributed by atoms with van der Waals surface area (Å²) in [5.41, 5.74) is 0.871. The molecule has 2 heterocycles. The van der Waals surface area contributed by atoms with Gasteiger partial charge in [0, 0.05) is 38.2 Å². The first-order valence-electron chi connectivity index (χ1n) is 11.7. The lowest BCUT2D eigenvalue weighted by atomic mass is 9.87. The number of sulfonamides is 1. The number of nitrogens with zero attached hydrogens (tertiary/aromatic N) is 2. The molecule has 2 aromatic rings. The molecular weight excluding hydrogens is 430 g/mol. The number of aryl methyl sites for hydroxylation is 1. The second kappa shape index (κ2) is 9.39. The number of carbonyl (C=O) groups excluding carboxylic acids is 1. The van der Waals surface area contributed by atoms with Crippen molar-refractivity contribution in [2.75, 3.05) is 13.1 Å². The molecule has 32 heavy (non-hydrogen) atoms. The Bertz CT molecular complexity index is 1120. The Balaban J connectivity index is 1.34.